The largest absolute Gasteiger partial charge is 0.300 e. The number of rotatable bonds is 1. The van der Waals surface area contributed by atoms with E-state index in [0.717, 1.165) is 42.9 Å². The molecule has 5 aliphatic carbocycles. The van der Waals surface area contributed by atoms with Crippen molar-refractivity contribution in [3.63, 3.8) is 0 Å². The second kappa shape index (κ2) is 4.49. The minimum atomic E-state index is 0.0714. The molecule has 0 aromatic rings. The maximum atomic E-state index is 12.5. The lowest BCUT2D eigenvalue weighted by Gasteiger charge is -2.56. The van der Waals surface area contributed by atoms with Gasteiger partial charge in [-0.05, 0) is 92.8 Å². The molecule has 0 aromatic carbocycles. The predicted octanol–water partition coefficient (Wildman–Crippen LogP) is 4.41. The molecular weight excluding hydrogens is 284 g/mol. The Labute approximate surface area is 139 Å². The van der Waals surface area contributed by atoms with Crippen molar-refractivity contribution in [3.05, 3.63) is 0 Å². The summed E-state index contributed by atoms with van der Waals surface area (Å²) in [6.07, 6.45) is 10.6. The third kappa shape index (κ3) is 1.66. The van der Waals surface area contributed by atoms with Crippen LogP contribution in [0, 0.1) is 46.3 Å². The summed E-state index contributed by atoms with van der Waals surface area (Å²) in [7, 11) is 0. The molecule has 5 aliphatic rings. The van der Waals surface area contributed by atoms with Gasteiger partial charge in [0.05, 0.1) is 0 Å². The Morgan fingerprint density at radius 1 is 1.09 bits per heavy atom. The average Bonchev–Trinajstić information content (AvgIpc) is 3.20. The first kappa shape index (κ1) is 14.7. The number of hydrogen-bond acceptors (Lipinski definition) is 2. The fraction of sp³-hybridized carbons (Fsp3) is 0.905. The smallest absolute Gasteiger partial charge is 0.136 e. The third-order valence-corrected chi connectivity index (χ3v) is 9.45. The molecule has 0 heterocycles. The Hall–Kier alpha value is -0.660. The van der Waals surface area contributed by atoms with Crippen LogP contribution < -0.4 is 0 Å². The summed E-state index contributed by atoms with van der Waals surface area (Å²) >= 11 is 0. The van der Waals surface area contributed by atoms with Crippen LogP contribution in [0.25, 0.3) is 0 Å². The van der Waals surface area contributed by atoms with E-state index in [-0.39, 0.29) is 5.41 Å². The van der Waals surface area contributed by atoms with Gasteiger partial charge in [0.1, 0.15) is 11.6 Å². The molecule has 126 valence electrons. The van der Waals surface area contributed by atoms with E-state index in [1.807, 2.05) is 6.92 Å². The minimum Gasteiger partial charge on any atom is -0.300 e. The maximum absolute atomic E-state index is 12.5. The van der Waals surface area contributed by atoms with Gasteiger partial charge in [0.15, 0.2) is 0 Å². The van der Waals surface area contributed by atoms with E-state index in [0.29, 0.717) is 28.8 Å². The molecule has 0 aromatic heterocycles. The first-order valence-corrected chi connectivity index (χ1v) is 10.00. The second-order valence-electron chi connectivity index (χ2n) is 9.84. The van der Waals surface area contributed by atoms with E-state index in [1.165, 1.54) is 38.5 Å². The van der Waals surface area contributed by atoms with Gasteiger partial charge in [-0.3, -0.25) is 9.59 Å². The molecule has 5 rings (SSSR count). The van der Waals surface area contributed by atoms with Gasteiger partial charge in [-0.25, -0.2) is 0 Å². The topological polar surface area (TPSA) is 34.1 Å². The normalized spacial score (nSPS) is 57.0. The Bertz CT molecular complexity index is 580. The molecule has 0 N–H and O–H groups in total. The molecule has 0 saturated heterocycles. The van der Waals surface area contributed by atoms with E-state index >= 15 is 0 Å². The van der Waals surface area contributed by atoms with Crippen LogP contribution in [0.5, 0.6) is 0 Å². The highest BCUT2D eigenvalue weighted by molar-refractivity contribution is 5.87. The highest BCUT2D eigenvalue weighted by atomic mass is 16.1. The van der Waals surface area contributed by atoms with Crippen molar-refractivity contribution in [1.29, 1.82) is 0 Å². The average molecular weight is 314 g/mol. The second-order valence-corrected chi connectivity index (χ2v) is 9.84. The third-order valence-electron chi connectivity index (χ3n) is 9.45. The van der Waals surface area contributed by atoms with Gasteiger partial charge in [-0.15, -0.1) is 0 Å². The molecule has 0 radical (unpaired) electrons. The zero-order valence-electron chi connectivity index (χ0n) is 14.6. The summed E-state index contributed by atoms with van der Waals surface area (Å²) in [5, 5.41) is 0. The van der Waals surface area contributed by atoms with E-state index in [9.17, 15) is 9.59 Å². The van der Waals surface area contributed by atoms with E-state index < -0.39 is 0 Å². The molecular formula is C21H30O2. The summed E-state index contributed by atoms with van der Waals surface area (Å²) in [5.41, 5.74) is 0.365. The number of Topliss-reactive ketones (excluding diaryl/α,β-unsaturated/α-hetero) is 2. The zero-order chi connectivity index (χ0) is 16.0. The van der Waals surface area contributed by atoms with Crippen LogP contribution in [-0.2, 0) is 9.59 Å². The number of carbonyl (C=O) groups excluding carboxylic acids is 2. The lowest BCUT2D eigenvalue weighted by atomic mass is 9.48. The standard InChI is InChI=1S/C21H30O2/c1-12(22)21-11-14(21)10-19-18-5-3-13-9-15(23)4-6-16(13)17(18)7-8-20(19,21)2/h13-14,16-19H,3-11H2,1-2H3/t13-,14-,16-,17+,18+,19-,20-,21-/m0/s1. The number of hydrogen-bond donors (Lipinski definition) is 0. The first-order chi connectivity index (χ1) is 11.0. The molecule has 5 fully saturated rings. The summed E-state index contributed by atoms with van der Waals surface area (Å²) in [6, 6.07) is 0. The monoisotopic (exact) mass is 314 g/mol. The van der Waals surface area contributed by atoms with Crippen LogP contribution in [0.3, 0.4) is 0 Å². The lowest BCUT2D eigenvalue weighted by molar-refractivity contribution is -0.136. The maximum Gasteiger partial charge on any atom is 0.136 e. The highest BCUT2D eigenvalue weighted by Gasteiger charge is 2.76. The van der Waals surface area contributed by atoms with Gasteiger partial charge >= 0.3 is 0 Å². The van der Waals surface area contributed by atoms with Gasteiger partial charge in [-0.1, -0.05) is 6.92 Å². The van der Waals surface area contributed by atoms with Gasteiger partial charge in [0.2, 0.25) is 0 Å². The SMILES string of the molecule is CC(=O)[C@@]12C[C@@H]1C[C@H]1[C@@H]3CC[C@H]4CC(=O)CC[C@@H]4[C@H]3CC[C@@]12C. The summed E-state index contributed by atoms with van der Waals surface area (Å²) in [5.74, 6) is 5.74. The molecule has 2 heteroatoms. The molecule has 0 amide bonds. The lowest BCUT2D eigenvalue weighted by Crippen LogP contribution is -2.51. The van der Waals surface area contributed by atoms with Gasteiger partial charge in [0, 0.05) is 18.3 Å². The molecule has 8 atom stereocenters. The molecule has 23 heavy (non-hydrogen) atoms. The van der Waals surface area contributed by atoms with Crippen molar-refractivity contribution >= 4 is 11.6 Å². The predicted molar refractivity (Wildman–Crippen MR) is 88.7 cm³/mol. The quantitative estimate of drug-likeness (QED) is 0.718. The van der Waals surface area contributed by atoms with E-state index in [2.05, 4.69) is 6.92 Å². The van der Waals surface area contributed by atoms with Crippen molar-refractivity contribution in [2.45, 2.75) is 71.6 Å². The summed E-state index contributed by atoms with van der Waals surface area (Å²) < 4.78 is 0. The van der Waals surface area contributed by atoms with Crippen LogP contribution >= 0.6 is 0 Å². The van der Waals surface area contributed by atoms with Crippen LogP contribution in [0.1, 0.15) is 71.6 Å². The molecule has 0 aliphatic heterocycles. The molecule has 2 nitrogen and oxygen atoms in total. The Morgan fingerprint density at radius 2 is 1.91 bits per heavy atom. The van der Waals surface area contributed by atoms with Crippen LogP contribution in [0.15, 0.2) is 0 Å². The van der Waals surface area contributed by atoms with E-state index in [1.54, 1.807) is 0 Å². The summed E-state index contributed by atoms with van der Waals surface area (Å²) in [4.78, 5) is 24.3. The molecule has 0 bridgehead atoms. The number of fused-ring (bicyclic) bond motifs is 7. The van der Waals surface area contributed by atoms with Gasteiger partial charge < -0.3 is 0 Å². The molecule has 0 spiro atoms. The van der Waals surface area contributed by atoms with Gasteiger partial charge in [-0.2, -0.15) is 0 Å². The van der Waals surface area contributed by atoms with Crippen LogP contribution in [-0.4, -0.2) is 11.6 Å². The van der Waals surface area contributed by atoms with Crippen molar-refractivity contribution in [2.24, 2.45) is 46.3 Å². The fourth-order valence-corrected chi connectivity index (χ4v) is 8.42. The number of ketones is 2. The van der Waals surface area contributed by atoms with Crippen molar-refractivity contribution in [1.82, 2.24) is 0 Å². The van der Waals surface area contributed by atoms with Crippen LogP contribution in [0.4, 0.5) is 0 Å². The fourth-order valence-electron chi connectivity index (χ4n) is 8.42. The van der Waals surface area contributed by atoms with Crippen LogP contribution in [0.2, 0.25) is 0 Å². The molecule has 0 unspecified atom stereocenters. The Kier molecular flexibility index (Phi) is 2.86. The Balaban J connectivity index is 1.44. The van der Waals surface area contributed by atoms with Crippen molar-refractivity contribution in [3.8, 4) is 0 Å². The van der Waals surface area contributed by atoms with Gasteiger partial charge in [0.25, 0.3) is 0 Å². The van der Waals surface area contributed by atoms with Crippen molar-refractivity contribution < 1.29 is 9.59 Å². The van der Waals surface area contributed by atoms with Crippen molar-refractivity contribution in [2.75, 3.05) is 0 Å². The Morgan fingerprint density at radius 3 is 2.70 bits per heavy atom. The minimum absolute atomic E-state index is 0.0714. The first-order valence-electron chi connectivity index (χ1n) is 10.00. The highest BCUT2D eigenvalue weighted by Crippen LogP contribution is 2.79. The van der Waals surface area contributed by atoms with E-state index in [4.69, 9.17) is 0 Å². The number of carbonyl (C=O) groups is 2. The zero-order valence-corrected chi connectivity index (χ0v) is 14.6. The molecule has 5 saturated carbocycles. The summed E-state index contributed by atoms with van der Waals surface area (Å²) in [6.45, 7) is 4.34.